The maximum atomic E-state index is 13.0. The Labute approximate surface area is 191 Å². The molecule has 1 N–H and O–H groups in total. The lowest BCUT2D eigenvalue weighted by molar-refractivity contribution is -0.384. The van der Waals surface area contributed by atoms with Gasteiger partial charge in [0.05, 0.1) is 17.3 Å². The van der Waals surface area contributed by atoms with Crippen LogP contribution in [-0.4, -0.2) is 51.9 Å². The maximum absolute atomic E-state index is 13.0. The molecule has 2 aromatic carbocycles. The number of para-hydroxylation sites is 1. The molecule has 0 saturated heterocycles. The quantitative estimate of drug-likeness (QED) is 0.394. The number of benzene rings is 2. The van der Waals surface area contributed by atoms with E-state index >= 15 is 0 Å². The van der Waals surface area contributed by atoms with Crippen LogP contribution in [0, 0.1) is 10.1 Å². The van der Waals surface area contributed by atoms with Crippen LogP contribution in [0.5, 0.6) is 5.75 Å². The van der Waals surface area contributed by atoms with Crippen molar-refractivity contribution in [1.82, 2.24) is 19.8 Å². The zero-order chi connectivity index (χ0) is 24.0. The molecule has 0 aliphatic rings. The van der Waals surface area contributed by atoms with Crippen molar-refractivity contribution >= 4 is 17.5 Å². The molecule has 0 spiro atoms. The van der Waals surface area contributed by atoms with E-state index in [0.29, 0.717) is 23.4 Å². The summed E-state index contributed by atoms with van der Waals surface area (Å²) in [5.41, 5.74) is 0.972. The number of amides is 2. The highest BCUT2D eigenvalue weighted by Crippen LogP contribution is 2.29. The van der Waals surface area contributed by atoms with E-state index in [9.17, 15) is 19.7 Å². The predicted octanol–water partition coefficient (Wildman–Crippen LogP) is 3.13. The number of rotatable bonds is 9. The molecule has 0 aliphatic heterocycles. The second-order valence-corrected chi connectivity index (χ2v) is 7.48. The van der Waals surface area contributed by atoms with Crippen LogP contribution in [0.2, 0.25) is 0 Å². The first kappa shape index (κ1) is 23.5. The Hall–Kier alpha value is -4.21. The van der Waals surface area contributed by atoms with Gasteiger partial charge in [-0.1, -0.05) is 25.1 Å². The topological polar surface area (TPSA) is 120 Å². The molecule has 1 aromatic heterocycles. The van der Waals surface area contributed by atoms with Gasteiger partial charge in [-0.25, -0.2) is 4.98 Å². The lowest BCUT2D eigenvalue weighted by atomic mass is 10.0. The molecular weight excluding hydrogens is 426 g/mol. The number of hydrogen-bond acceptors (Lipinski definition) is 6. The third kappa shape index (κ3) is 5.53. The Morgan fingerprint density at radius 3 is 2.64 bits per heavy atom. The van der Waals surface area contributed by atoms with Gasteiger partial charge in [-0.2, -0.15) is 0 Å². The molecule has 172 valence electrons. The molecule has 3 rings (SSSR count). The molecule has 1 atom stereocenters. The van der Waals surface area contributed by atoms with Crippen LogP contribution in [0.3, 0.4) is 0 Å². The highest BCUT2D eigenvalue weighted by atomic mass is 16.6. The van der Waals surface area contributed by atoms with Gasteiger partial charge in [-0.05, 0) is 24.6 Å². The molecule has 0 fully saturated rings. The third-order valence-electron chi connectivity index (χ3n) is 5.07. The number of aromatic nitrogens is 2. The van der Waals surface area contributed by atoms with E-state index in [1.807, 2.05) is 19.1 Å². The maximum Gasteiger partial charge on any atom is 0.294 e. The summed E-state index contributed by atoms with van der Waals surface area (Å²) < 4.78 is 7.21. The van der Waals surface area contributed by atoms with E-state index in [-0.39, 0.29) is 23.8 Å². The number of likely N-dealkylation sites (N-methyl/N-ethyl adjacent to an activating group) is 1. The Morgan fingerprint density at radius 1 is 1.24 bits per heavy atom. The lowest BCUT2D eigenvalue weighted by Crippen LogP contribution is -2.30. The fourth-order valence-electron chi connectivity index (χ4n) is 3.24. The van der Waals surface area contributed by atoms with Gasteiger partial charge in [0.15, 0.2) is 6.61 Å². The summed E-state index contributed by atoms with van der Waals surface area (Å²) in [4.78, 5) is 41.3. The highest BCUT2D eigenvalue weighted by molar-refractivity contribution is 5.95. The molecule has 2 amide bonds. The second kappa shape index (κ2) is 10.4. The number of carbonyl (C=O) groups excluding carboxylic acids is 2. The van der Waals surface area contributed by atoms with Crippen molar-refractivity contribution in [3.63, 3.8) is 0 Å². The van der Waals surface area contributed by atoms with Crippen molar-refractivity contribution in [2.45, 2.75) is 19.4 Å². The van der Waals surface area contributed by atoms with Crippen LogP contribution < -0.4 is 10.1 Å². The average molecular weight is 451 g/mol. The molecule has 1 heterocycles. The standard InChI is InChI=1S/C23H25N5O5/c1-4-18(17-7-5-6-8-21(17)33-14-22(29)26(2)3)25-23(30)16-9-10-19(20(13-16)28(31)32)27-12-11-24-15-27/h5-13,15,18H,4,14H2,1-3H3,(H,25,30). The second-order valence-electron chi connectivity index (χ2n) is 7.48. The molecule has 3 aromatic rings. The van der Waals surface area contributed by atoms with E-state index in [1.54, 1.807) is 32.4 Å². The summed E-state index contributed by atoms with van der Waals surface area (Å²) in [6.45, 7) is 1.77. The smallest absolute Gasteiger partial charge is 0.294 e. The molecule has 0 radical (unpaired) electrons. The molecule has 0 aliphatic carbocycles. The number of carbonyl (C=O) groups is 2. The fourth-order valence-corrected chi connectivity index (χ4v) is 3.24. The zero-order valence-electron chi connectivity index (χ0n) is 18.6. The Balaban J connectivity index is 1.83. The summed E-state index contributed by atoms with van der Waals surface area (Å²) in [5.74, 6) is -0.158. The first-order chi connectivity index (χ1) is 15.8. The van der Waals surface area contributed by atoms with Crippen molar-refractivity contribution in [3.05, 3.63) is 82.4 Å². The number of ether oxygens (including phenoxy) is 1. The van der Waals surface area contributed by atoms with E-state index in [1.165, 1.54) is 40.2 Å². The molecule has 10 heteroatoms. The van der Waals surface area contributed by atoms with Crippen molar-refractivity contribution in [3.8, 4) is 11.4 Å². The van der Waals surface area contributed by atoms with Gasteiger partial charge in [-0.3, -0.25) is 19.7 Å². The minimum absolute atomic E-state index is 0.129. The predicted molar refractivity (Wildman–Crippen MR) is 121 cm³/mol. The van der Waals surface area contributed by atoms with E-state index in [2.05, 4.69) is 10.3 Å². The minimum Gasteiger partial charge on any atom is -0.483 e. The zero-order valence-corrected chi connectivity index (χ0v) is 18.6. The SMILES string of the molecule is CCC(NC(=O)c1ccc(-n2ccnc2)c([N+](=O)[O-])c1)c1ccccc1OCC(=O)N(C)C. The average Bonchev–Trinajstić information content (AvgIpc) is 3.35. The first-order valence-electron chi connectivity index (χ1n) is 10.3. The Kier molecular flexibility index (Phi) is 7.39. The van der Waals surface area contributed by atoms with E-state index in [4.69, 9.17) is 4.74 Å². The van der Waals surface area contributed by atoms with Crippen LogP contribution in [-0.2, 0) is 4.79 Å². The Morgan fingerprint density at radius 2 is 2.00 bits per heavy atom. The van der Waals surface area contributed by atoms with Crippen LogP contribution in [0.25, 0.3) is 5.69 Å². The van der Waals surface area contributed by atoms with E-state index in [0.717, 1.165) is 0 Å². The van der Waals surface area contributed by atoms with Gasteiger partial charge in [0.2, 0.25) is 0 Å². The van der Waals surface area contributed by atoms with Gasteiger partial charge in [0.1, 0.15) is 11.4 Å². The summed E-state index contributed by atoms with van der Waals surface area (Å²) in [6, 6.07) is 11.0. The minimum atomic E-state index is -0.533. The normalized spacial score (nSPS) is 11.5. The van der Waals surface area contributed by atoms with Crippen molar-refractivity contribution in [2.24, 2.45) is 0 Å². The monoisotopic (exact) mass is 451 g/mol. The molecule has 1 unspecified atom stereocenters. The summed E-state index contributed by atoms with van der Waals surface area (Å²) in [6.07, 6.45) is 5.10. The number of nitro benzene ring substituents is 1. The fraction of sp³-hybridized carbons (Fsp3) is 0.261. The lowest BCUT2D eigenvalue weighted by Gasteiger charge is -2.21. The largest absolute Gasteiger partial charge is 0.483 e. The molecule has 0 saturated carbocycles. The highest BCUT2D eigenvalue weighted by Gasteiger charge is 2.22. The number of nitro groups is 1. The van der Waals surface area contributed by atoms with Crippen LogP contribution in [0.4, 0.5) is 5.69 Å². The van der Waals surface area contributed by atoms with Crippen LogP contribution in [0.1, 0.15) is 35.3 Å². The summed E-state index contributed by atoms with van der Waals surface area (Å²) >= 11 is 0. The summed E-state index contributed by atoms with van der Waals surface area (Å²) in [7, 11) is 3.29. The van der Waals surface area contributed by atoms with Gasteiger partial charge in [0.25, 0.3) is 17.5 Å². The van der Waals surface area contributed by atoms with Gasteiger partial charge in [-0.15, -0.1) is 0 Å². The van der Waals surface area contributed by atoms with Crippen molar-refractivity contribution < 1.29 is 19.2 Å². The summed E-state index contributed by atoms with van der Waals surface area (Å²) in [5, 5.41) is 14.5. The van der Waals surface area contributed by atoms with Crippen LogP contribution >= 0.6 is 0 Å². The molecular formula is C23H25N5O5. The van der Waals surface area contributed by atoms with Gasteiger partial charge in [0, 0.05) is 43.7 Å². The number of nitrogens with one attached hydrogen (secondary N) is 1. The van der Waals surface area contributed by atoms with Crippen molar-refractivity contribution in [1.29, 1.82) is 0 Å². The number of nitrogens with zero attached hydrogens (tertiary/aromatic N) is 4. The molecule has 0 bridgehead atoms. The Bertz CT molecular complexity index is 1140. The number of hydrogen-bond donors (Lipinski definition) is 1. The molecule has 33 heavy (non-hydrogen) atoms. The van der Waals surface area contributed by atoms with E-state index < -0.39 is 16.9 Å². The number of imidazole rings is 1. The van der Waals surface area contributed by atoms with Crippen molar-refractivity contribution in [2.75, 3.05) is 20.7 Å². The van der Waals surface area contributed by atoms with Gasteiger partial charge >= 0.3 is 0 Å². The van der Waals surface area contributed by atoms with Gasteiger partial charge < -0.3 is 19.5 Å². The third-order valence-corrected chi connectivity index (χ3v) is 5.07. The first-order valence-corrected chi connectivity index (χ1v) is 10.3. The molecule has 10 nitrogen and oxygen atoms in total. The van der Waals surface area contributed by atoms with Crippen LogP contribution in [0.15, 0.2) is 61.2 Å².